The average Bonchev–Trinajstić information content (AvgIpc) is 2.41. The molecule has 2 aromatic carbocycles. The maximum atomic E-state index is 12.3. The summed E-state index contributed by atoms with van der Waals surface area (Å²) in [6, 6.07) is 12.4. The Balaban J connectivity index is 2.19. The first-order valence-electron chi connectivity index (χ1n) is 6.10. The molecule has 0 unspecified atom stereocenters. The van der Waals surface area contributed by atoms with Crippen molar-refractivity contribution >= 4 is 55.0 Å². The molecule has 0 atom stereocenters. The van der Waals surface area contributed by atoms with Crippen molar-refractivity contribution in [2.75, 3.05) is 10.6 Å². The van der Waals surface area contributed by atoms with Crippen LogP contribution in [-0.4, -0.2) is 11.8 Å². The van der Waals surface area contributed by atoms with Gasteiger partial charge in [0, 0.05) is 27.2 Å². The lowest BCUT2D eigenvalue weighted by Gasteiger charge is -2.09. The molecular formula is C15H12Br2N2O2. The van der Waals surface area contributed by atoms with Gasteiger partial charge >= 0.3 is 0 Å². The van der Waals surface area contributed by atoms with E-state index in [-0.39, 0.29) is 11.8 Å². The highest BCUT2D eigenvalue weighted by atomic mass is 79.9. The molecule has 2 rings (SSSR count). The SMILES string of the molecule is CC(=O)Nc1cccc(NC(=O)c2cc(Br)ccc2Br)c1. The Morgan fingerprint density at radius 1 is 0.952 bits per heavy atom. The monoisotopic (exact) mass is 410 g/mol. The van der Waals surface area contributed by atoms with E-state index in [4.69, 9.17) is 0 Å². The first-order chi connectivity index (χ1) is 9.95. The van der Waals surface area contributed by atoms with Crippen molar-refractivity contribution in [1.29, 1.82) is 0 Å². The molecule has 0 bridgehead atoms. The Hall–Kier alpha value is -1.66. The summed E-state index contributed by atoms with van der Waals surface area (Å²) in [4.78, 5) is 23.3. The van der Waals surface area contributed by atoms with Crippen LogP contribution in [0.1, 0.15) is 17.3 Å². The van der Waals surface area contributed by atoms with Gasteiger partial charge in [-0.2, -0.15) is 0 Å². The molecule has 108 valence electrons. The van der Waals surface area contributed by atoms with E-state index < -0.39 is 0 Å². The maximum absolute atomic E-state index is 12.3. The molecule has 0 aliphatic carbocycles. The van der Waals surface area contributed by atoms with Crippen LogP contribution in [0, 0.1) is 0 Å². The zero-order valence-corrected chi connectivity index (χ0v) is 14.3. The summed E-state index contributed by atoms with van der Waals surface area (Å²) in [7, 11) is 0. The molecule has 0 aliphatic heterocycles. The molecule has 21 heavy (non-hydrogen) atoms. The Morgan fingerprint density at radius 3 is 2.29 bits per heavy atom. The number of anilines is 2. The minimum Gasteiger partial charge on any atom is -0.326 e. The third kappa shape index (κ3) is 4.41. The molecule has 0 radical (unpaired) electrons. The minimum atomic E-state index is -0.233. The fraction of sp³-hybridized carbons (Fsp3) is 0.0667. The van der Waals surface area contributed by atoms with Crippen LogP contribution >= 0.6 is 31.9 Å². The molecule has 0 aliphatic rings. The van der Waals surface area contributed by atoms with Gasteiger partial charge < -0.3 is 10.6 Å². The Morgan fingerprint density at radius 2 is 1.62 bits per heavy atom. The Labute approximate surface area is 139 Å². The third-order valence-corrected chi connectivity index (χ3v) is 3.80. The van der Waals surface area contributed by atoms with Crippen LogP contribution < -0.4 is 10.6 Å². The number of carbonyl (C=O) groups excluding carboxylic acids is 2. The summed E-state index contributed by atoms with van der Waals surface area (Å²) in [5.74, 6) is -0.392. The molecule has 0 heterocycles. The van der Waals surface area contributed by atoms with Crippen molar-refractivity contribution in [1.82, 2.24) is 0 Å². The van der Waals surface area contributed by atoms with Gasteiger partial charge in [-0.3, -0.25) is 9.59 Å². The van der Waals surface area contributed by atoms with E-state index in [9.17, 15) is 9.59 Å². The largest absolute Gasteiger partial charge is 0.326 e. The van der Waals surface area contributed by atoms with E-state index in [1.54, 1.807) is 36.4 Å². The van der Waals surface area contributed by atoms with Crippen molar-refractivity contribution in [3.63, 3.8) is 0 Å². The number of nitrogens with one attached hydrogen (secondary N) is 2. The van der Waals surface area contributed by atoms with Gasteiger partial charge in [-0.05, 0) is 52.3 Å². The third-order valence-electron chi connectivity index (χ3n) is 2.61. The number of rotatable bonds is 3. The van der Waals surface area contributed by atoms with Gasteiger partial charge in [0.05, 0.1) is 5.56 Å². The van der Waals surface area contributed by atoms with Gasteiger partial charge in [0.1, 0.15) is 0 Å². The molecule has 0 spiro atoms. The van der Waals surface area contributed by atoms with Crippen molar-refractivity contribution in [3.05, 3.63) is 57.0 Å². The Bertz CT molecular complexity index is 702. The zero-order valence-electron chi connectivity index (χ0n) is 11.1. The molecular weight excluding hydrogens is 400 g/mol. The number of halogens is 2. The molecule has 0 aromatic heterocycles. The summed E-state index contributed by atoms with van der Waals surface area (Å²) in [6.07, 6.45) is 0. The van der Waals surface area contributed by atoms with E-state index in [2.05, 4.69) is 42.5 Å². The van der Waals surface area contributed by atoms with Gasteiger partial charge in [-0.25, -0.2) is 0 Å². The molecule has 0 fully saturated rings. The van der Waals surface area contributed by atoms with Crippen LogP contribution in [0.4, 0.5) is 11.4 Å². The molecule has 2 N–H and O–H groups in total. The van der Waals surface area contributed by atoms with Gasteiger partial charge in [0.25, 0.3) is 5.91 Å². The van der Waals surface area contributed by atoms with Crippen molar-refractivity contribution in [2.24, 2.45) is 0 Å². The van der Waals surface area contributed by atoms with E-state index in [0.29, 0.717) is 21.4 Å². The predicted octanol–water partition coefficient (Wildman–Crippen LogP) is 4.42. The van der Waals surface area contributed by atoms with Crippen LogP contribution in [0.2, 0.25) is 0 Å². The van der Waals surface area contributed by atoms with Crippen molar-refractivity contribution in [3.8, 4) is 0 Å². The van der Waals surface area contributed by atoms with E-state index in [1.165, 1.54) is 6.92 Å². The zero-order chi connectivity index (χ0) is 15.4. The number of carbonyl (C=O) groups is 2. The number of hydrogen-bond donors (Lipinski definition) is 2. The minimum absolute atomic E-state index is 0.159. The van der Waals surface area contributed by atoms with Crippen LogP contribution in [0.3, 0.4) is 0 Å². The average molecular weight is 412 g/mol. The molecule has 0 saturated carbocycles. The molecule has 2 amide bonds. The lowest BCUT2D eigenvalue weighted by Crippen LogP contribution is -2.13. The Kier molecular flexibility index (Phi) is 5.14. The van der Waals surface area contributed by atoms with Crippen LogP contribution in [0.5, 0.6) is 0 Å². The standard InChI is InChI=1S/C15H12Br2N2O2/c1-9(20)18-11-3-2-4-12(8-11)19-15(21)13-7-10(16)5-6-14(13)17/h2-8H,1H3,(H,18,20)(H,19,21). The second-order valence-electron chi connectivity index (χ2n) is 4.34. The molecule has 0 saturated heterocycles. The fourth-order valence-electron chi connectivity index (χ4n) is 1.75. The summed E-state index contributed by atoms with van der Waals surface area (Å²) < 4.78 is 1.53. The highest BCUT2D eigenvalue weighted by molar-refractivity contribution is 9.11. The smallest absolute Gasteiger partial charge is 0.256 e. The summed E-state index contributed by atoms with van der Waals surface area (Å²) in [5, 5.41) is 5.47. The van der Waals surface area contributed by atoms with Crippen LogP contribution in [0.15, 0.2) is 51.4 Å². The lowest BCUT2D eigenvalue weighted by atomic mass is 10.2. The summed E-state index contributed by atoms with van der Waals surface area (Å²) >= 11 is 6.69. The highest BCUT2D eigenvalue weighted by Crippen LogP contribution is 2.23. The van der Waals surface area contributed by atoms with Gasteiger partial charge in [0.15, 0.2) is 0 Å². The first-order valence-corrected chi connectivity index (χ1v) is 7.68. The number of amides is 2. The van der Waals surface area contributed by atoms with E-state index >= 15 is 0 Å². The van der Waals surface area contributed by atoms with Gasteiger partial charge in [0.2, 0.25) is 5.91 Å². The van der Waals surface area contributed by atoms with Crippen LogP contribution in [-0.2, 0) is 4.79 Å². The number of hydrogen-bond acceptors (Lipinski definition) is 2. The first kappa shape index (κ1) is 15.7. The van der Waals surface area contributed by atoms with Gasteiger partial charge in [-0.15, -0.1) is 0 Å². The summed E-state index contributed by atoms with van der Waals surface area (Å²) in [5.41, 5.74) is 1.76. The summed E-state index contributed by atoms with van der Waals surface area (Å²) in [6.45, 7) is 1.43. The molecule has 2 aromatic rings. The van der Waals surface area contributed by atoms with Crippen molar-refractivity contribution in [2.45, 2.75) is 6.92 Å². The quantitative estimate of drug-likeness (QED) is 0.785. The fourth-order valence-corrected chi connectivity index (χ4v) is 2.54. The lowest BCUT2D eigenvalue weighted by molar-refractivity contribution is -0.114. The second kappa shape index (κ2) is 6.87. The number of benzene rings is 2. The topological polar surface area (TPSA) is 58.2 Å². The van der Waals surface area contributed by atoms with E-state index in [0.717, 1.165) is 4.47 Å². The van der Waals surface area contributed by atoms with E-state index in [1.807, 2.05) is 6.07 Å². The second-order valence-corrected chi connectivity index (χ2v) is 6.11. The highest BCUT2D eigenvalue weighted by Gasteiger charge is 2.11. The molecule has 6 heteroatoms. The molecule has 4 nitrogen and oxygen atoms in total. The maximum Gasteiger partial charge on any atom is 0.256 e. The predicted molar refractivity (Wildman–Crippen MR) is 90.5 cm³/mol. The van der Waals surface area contributed by atoms with Crippen LogP contribution in [0.25, 0.3) is 0 Å². The van der Waals surface area contributed by atoms with Gasteiger partial charge in [-0.1, -0.05) is 22.0 Å². The normalized spacial score (nSPS) is 10.0. The van der Waals surface area contributed by atoms with Crippen molar-refractivity contribution < 1.29 is 9.59 Å².